The molecule has 0 aliphatic carbocycles. The van der Waals surface area contributed by atoms with Crippen molar-refractivity contribution in [1.82, 2.24) is 9.97 Å². The Morgan fingerprint density at radius 1 is 1.03 bits per heavy atom. The van der Waals surface area contributed by atoms with Crippen LogP contribution in [-0.4, -0.2) is 48.1 Å². The third-order valence-electron chi connectivity index (χ3n) is 5.16. The average molecular weight is 462 g/mol. The van der Waals surface area contributed by atoms with Crippen LogP contribution in [0.15, 0.2) is 36.4 Å². The summed E-state index contributed by atoms with van der Waals surface area (Å²) in [5.74, 6) is -1.26. The SMILES string of the molecule is COCCOc1cc2c(NCc3cccc(C(F)(F)C(C)(C)O)c3)nc(C)nc2cc1OC. The summed E-state index contributed by atoms with van der Waals surface area (Å²) in [5, 5.41) is 13.8. The van der Waals surface area contributed by atoms with Gasteiger partial charge >= 0.3 is 5.92 Å². The fraction of sp³-hybridized carbons (Fsp3) is 0.417. The molecule has 7 nitrogen and oxygen atoms in total. The van der Waals surface area contributed by atoms with E-state index in [0.717, 1.165) is 13.8 Å². The van der Waals surface area contributed by atoms with Crippen molar-refractivity contribution in [3.05, 3.63) is 53.3 Å². The first-order valence-corrected chi connectivity index (χ1v) is 10.5. The molecule has 0 radical (unpaired) electrons. The summed E-state index contributed by atoms with van der Waals surface area (Å²) in [6, 6.07) is 9.51. The molecular formula is C24H29F2N3O4. The maximum atomic E-state index is 14.6. The van der Waals surface area contributed by atoms with Gasteiger partial charge in [-0.2, -0.15) is 8.78 Å². The van der Waals surface area contributed by atoms with Gasteiger partial charge in [0, 0.05) is 30.7 Å². The Kier molecular flexibility index (Phi) is 7.34. The summed E-state index contributed by atoms with van der Waals surface area (Å²) >= 11 is 0. The number of aliphatic hydroxyl groups is 1. The average Bonchev–Trinajstić information content (AvgIpc) is 2.76. The van der Waals surface area contributed by atoms with Gasteiger partial charge < -0.3 is 24.6 Å². The van der Waals surface area contributed by atoms with E-state index in [-0.39, 0.29) is 12.1 Å². The molecule has 0 fully saturated rings. The molecule has 33 heavy (non-hydrogen) atoms. The van der Waals surface area contributed by atoms with Crippen molar-refractivity contribution < 1.29 is 28.1 Å². The maximum absolute atomic E-state index is 14.6. The number of fused-ring (bicyclic) bond motifs is 1. The number of nitrogens with one attached hydrogen (secondary N) is 1. The first-order valence-electron chi connectivity index (χ1n) is 10.5. The number of aromatic nitrogens is 2. The van der Waals surface area contributed by atoms with Gasteiger partial charge in [-0.25, -0.2) is 9.97 Å². The second kappa shape index (κ2) is 9.84. The quantitative estimate of drug-likeness (QED) is 0.432. The smallest absolute Gasteiger partial charge is 0.300 e. The van der Waals surface area contributed by atoms with E-state index in [9.17, 15) is 13.9 Å². The number of halogens is 2. The van der Waals surface area contributed by atoms with Crippen LogP contribution >= 0.6 is 0 Å². The number of methoxy groups -OCH3 is 2. The second-order valence-electron chi connectivity index (χ2n) is 8.17. The van der Waals surface area contributed by atoms with Crippen LogP contribution in [0.2, 0.25) is 0 Å². The van der Waals surface area contributed by atoms with Crippen LogP contribution in [0, 0.1) is 6.92 Å². The van der Waals surface area contributed by atoms with E-state index < -0.39 is 11.5 Å². The molecule has 0 spiro atoms. The first-order chi connectivity index (χ1) is 15.6. The molecule has 0 unspecified atom stereocenters. The van der Waals surface area contributed by atoms with Gasteiger partial charge in [0.25, 0.3) is 0 Å². The lowest BCUT2D eigenvalue weighted by atomic mass is 9.92. The van der Waals surface area contributed by atoms with Crippen LogP contribution in [0.25, 0.3) is 10.9 Å². The molecule has 1 heterocycles. The highest BCUT2D eigenvalue weighted by atomic mass is 19.3. The van der Waals surface area contributed by atoms with Crippen molar-refractivity contribution >= 4 is 16.7 Å². The number of rotatable bonds is 10. The Morgan fingerprint density at radius 2 is 1.79 bits per heavy atom. The minimum Gasteiger partial charge on any atom is -0.493 e. The van der Waals surface area contributed by atoms with Gasteiger partial charge in [0.05, 0.1) is 19.2 Å². The minimum atomic E-state index is -3.40. The van der Waals surface area contributed by atoms with E-state index in [1.165, 1.54) is 12.1 Å². The monoisotopic (exact) mass is 461 g/mol. The topological polar surface area (TPSA) is 85.7 Å². The molecule has 0 amide bonds. The lowest BCUT2D eigenvalue weighted by molar-refractivity contribution is -0.168. The molecule has 0 saturated carbocycles. The molecule has 3 rings (SSSR count). The number of alkyl halides is 2. The Labute approximate surface area is 191 Å². The van der Waals surface area contributed by atoms with Crippen LogP contribution in [0.3, 0.4) is 0 Å². The zero-order chi connectivity index (χ0) is 24.2. The molecule has 0 bridgehead atoms. The van der Waals surface area contributed by atoms with Crippen molar-refractivity contribution in [2.45, 2.75) is 38.8 Å². The largest absolute Gasteiger partial charge is 0.493 e. The number of hydrogen-bond acceptors (Lipinski definition) is 7. The van der Waals surface area contributed by atoms with Crippen molar-refractivity contribution in [2.24, 2.45) is 0 Å². The summed E-state index contributed by atoms with van der Waals surface area (Å²) in [6.07, 6.45) is 0. The van der Waals surface area contributed by atoms with Gasteiger partial charge in [0.1, 0.15) is 23.9 Å². The van der Waals surface area contributed by atoms with E-state index in [1.807, 2.05) is 0 Å². The lowest BCUT2D eigenvalue weighted by Crippen LogP contribution is -2.40. The normalized spacial score (nSPS) is 12.1. The highest BCUT2D eigenvalue weighted by molar-refractivity contribution is 5.91. The molecule has 2 N–H and O–H groups in total. The summed E-state index contributed by atoms with van der Waals surface area (Å²) in [6.45, 7) is 4.96. The third-order valence-corrected chi connectivity index (χ3v) is 5.16. The molecule has 3 aromatic rings. The number of hydrogen-bond donors (Lipinski definition) is 2. The lowest BCUT2D eigenvalue weighted by Gasteiger charge is -2.29. The Balaban J connectivity index is 1.91. The zero-order valence-electron chi connectivity index (χ0n) is 19.4. The summed E-state index contributed by atoms with van der Waals surface area (Å²) in [7, 11) is 3.14. The molecule has 0 aliphatic rings. The second-order valence-corrected chi connectivity index (χ2v) is 8.17. The van der Waals surface area contributed by atoms with Gasteiger partial charge in [-0.15, -0.1) is 0 Å². The van der Waals surface area contributed by atoms with Crippen LogP contribution < -0.4 is 14.8 Å². The van der Waals surface area contributed by atoms with Gasteiger partial charge in [-0.1, -0.05) is 18.2 Å². The van der Waals surface area contributed by atoms with Crippen LogP contribution in [-0.2, 0) is 17.2 Å². The molecule has 0 saturated heterocycles. The minimum absolute atomic E-state index is 0.243. The predicted octanol–water partition coefficient (Wildman–Crippen LogP) is 4.45. The van der Waals surface area contributed by atoms with E-state index in [1.54, 1.807) is 45.4 Å². The van der Waals surface area contributed by atoms with E-state index in [0.29, 0.717) is 52.8 Å². The fourth-order valence-electron chi connectivity index (χ4n) is 3.31. The number of benzene rings is 2. The summed E-state index contributed by atoms with van der Waals surface area (Å²) in [5.41, 5.74) is -1.16. The van der Waals surface area contributed by atoms with Gasteiger partial charge in [0.15, 0.2) is 11.5 Å². The fourth-order valence-corrected chi connectivity index (χ4v) is 3.31. The number of ether oxygens (including phenoxy) is 3. The summed E-state index contributed by atoms with van der Waals surface area (Å²) in [4.78, 5) is 8.96. The number of aryl methyl sites for hydroxylation is 1. The van der Waals surface area contributed by atoms with Crippen molar-refractivity contribution in [3.8, 4) is 11.5 Å². The van der Waals surface area contributed by atoms with Crippen LogP contribution in [0.1, 0.15) is 30.8 Å². The van der Waals surface area contributed by atoms with Gasteiger partial charge in [-0.3, -0.25) is 0 Å². The van der Waals surface area contributed by atoms with Crippen LogP contribution in [0.5, 0.6) is 11.5 Å². The Hall–Kier alpha value is -3.04. The van der Waals surface area contributed by atoms with Gasteiger partial charge in [-0.05, 0) is 38.5 Å². The highest BCUT2D eigenvalue weighted by Gasteiger charge is 2.46. The van der Waals surface area contributed by atoms with E-state index in [4.69, 9.17) is 14.2 Å². The summed E-state index contributed by atoms with van der Waals surface area (Å²) < 4.78 is 45.4. The third kappa shape index (κ3) is 5.48. The molecule has 1 aromatic heterocycles. The standard InChI is InChI=1S/C24H29F2N3O4/c1-15-28-19-13-20(32-5)21(33-10-9-31-4)12-18(19)22(29-15)27-14-16-7-6-8-17(11-16)24(25,26)23(2,3)30/h6-8,11-13,30H,9-10,14H2,1-5H3,(H,27,28,29). The predicted molar refractivity (Wildman–Crippen MR) is 122 cm³/mol. The molecule has 9 heteroatoms. The number of nitrogens with zero attached hydrogens (tertiary/aromatic N) is 2. The Morgan fingerprint density at radius 3 is 2.45 bits per heavy atom. The molecule has 0 atom stereocenters. The molecular weight excluding hydrogens is 432 g/mol. The molecule has 2 aromatic carbocycles. The van der Waals surface area contributed by atoms with Gasteiger partial charge in [0.2, 0.25) is 0 Å². The molecule has 178 valence electrons. The number of anilines is 1. The van der Waals surface area contributed by atoms with Crippen molar-refractivity contribution in [1.29, 1.82) is 0 Å². The Bertz CT molecular complexity index is 1120. The van der Waals surface area contributed by atoms with Crippen molar-refractivity contribution in [2.75, 3.05) is 32.8 Å². The van der Waals surface area contributed by atoms with Crippen LogP contribution in [0.4, 0.5) is 14.6 Å². The first kappa shape index (κ1) is 24.6. The van der Waals surface area contributed by atoms with Crippen molar-refractivity contribution in [3.63, 3.8) is 0 Å². The maximum Gasteiger partial charge on any atom is 0.300 e. The van der Waals surface area contributed by atoms with E-state index >= 15 is 0 Å². The van der Waals surface area contributed by atoms with E-state index in [2.05, 4.69) is 15.3 Å². The highest BCUT2D eigenvalue weighted by Crippen LogP contribution is 2.39. The molecule has 0 aliphatic heterocycles. The zero-order valence-corrected chi connectivity index (χ0v) is 19.4.